The van der Waals surface area contributed by atoms with E-state index in [2.05, 4.69) is 10.2 Å². The van der Waals surface area contributed by atoms with Gasteiger partial charge >= 0.3 is 0 Å². The molecule has 0 amide bonds. The fourth-order valence-electron chi connectivity index (χ4n) is 2.66. The van der Waals surface area contributed by atoms with Gasteiger partial charge in [0.05, 0.1) is 11.9 Å². The van der Waals surface area contributed by atoms with Crippen molar-refractivity contribution in [2.75, 3.05) is 6.61 Å². The predicted octanol–water partition coefficient (Wildman–Crippen LogP) is 5.12. The highest BCUT2D eigenvalue weighted by molar-refractivity contribution is 8.00. The lowest BCUT2D eigenvalue weighted by molar-refractivity contribution is 0.0993. The number of ether oxygens (including phenoxy) is 1. The van der Waals surface area contributed by atoms with Crippen molar-refractivity contribution in [1.29, 1.82) is 0 Å². The summed E-state index contributed by atoms with van der Waals surface area (Å²) in [5, 5.41) is 8.22. The average Bonchev–Trinajstić information content (AvgIpc) is 3.12. The van der Waals surface area contributed by atoms with E-state index in [1.807, 2.05) is 70.2 Å². The monoisotopic (exact) mass is 382 g/mol. The van der Waals surface area contributed by atoms with Gasteiger partial charge in [-0.3, -0.25) is 4.79 Å². The number of carbonyl (C=O) groups excluding carboxylic acids is 1. The molecular formula is C21H22N2O3S. The molecule has 0 N–H and O–H groups in total. The van der Waals surface area contributed by atoms with Gasteiger partial charge in [-0.1, -0.05) is 29.5 Å². The molecule has 0 radical (unpaired) electrons. The van der Waals surface area contributed by atoms with Crippen LogP contribution in [0.5, 0.6) is 5.75 Å². The van der Waals surface area contributed by atoms with E-state index in [9.17, 15) is 4.79 Å². The van der Waals surface area contributed by atoms with E-state index in [-0.39, 0.29) is 11.0 Å². The summed E-state index contributed by atoms with van der Waals surface area (Å²) in [4.78, 5) is 12.8. The number of hydrogen-bond acceptors (Lipinski definition) is 6. The van der Waals surface area contributed by atoms with Gasteiger partial charge in [0.1, 0.15) is 5.75 Å². The van der Waals surface area contributed by atoms with Crippen LogP contribution in [0.25, 0.3) is 11.5 Å². The highest BCUT2D eigenvalue weighted by Gasteiger charge is 2.21. The van der Waals surface area contributed by atoms with Gasteiger partial charge in [0.25, 0.3) is 5.22 Å². The number of aromatic nitrogens is 2. The van der Waals surface area contributed by atoms with Crippen molar-refractivity contribution < 1.29 is 13.9 Å². The minimum Gasteiger partial charge on any atom is -0.494 e. The molecule has 1 aromatic heterocycles. The second-order valence-electron chi connectivity index (χ2n) is 6.27. The molecule has 0 bridgehead atoms. The summed E-state index contributed by atoms with van der Waals surface area (Å²) < 4.78 is 11.2. The standard InChI is InChI=1S/C21H22N2O3S/c1-5-25-17-10-8-16(9-11-17)20-22-23-21(26-20)27-15(4)19(24)18-12-13(2)6-7-14(18)3/h6-12,15H,5H2,1-4H3. The lowest BCUT2D eigenvalue weighted by Crippen LogP contribution is -2.15. The molecule has 140 valence electrons. The summed E-state index contributed by atoms with van der Waals surface area (Å²) >= 11 is 1.27. The van der Waals surface area contributed by atoms with Crippen molar-refractivity contribution in [1.82, 2.24) is 10.2 Å². The van der Waals surface area contributed by atoms with Crippen LogP contribution in [0, 0.1) is 13.8 Å². The van der Waals surface area contributed by atoms with Crippen molar-refractivity contribution >= 4 is 17.5 Å². The third kappa shape index (κ3) is 4.57. The first kappa shape index (κ1) is 19.2. The SMILES string of the molecule is CCOc1ccc(-c2nnc(SC(C)C(=O)c3cc(C)ccc3C)o2)cc1. The van der Waals surface area contributed by atoms with Crippen molar-refractivity contribution in [2.45, 2.75) is 38.2 Å². The van der Waals surface area contributed by atoms with Crippen LogP contribution in [0.15, 0.2) is 52.1 Å². The Morgan fingerprint density at radius 1 is 1.15 bits per heavy atom. The van der Waals surface area contributed by atoms with Crippen molar-refractivity contribution in [3.05, 3.63) is 59.2 Å². The molecule has 0 aliphatic rings. The molecule has 3 rings (SSSR count). The van der Waals surface area contributed by atoms with E-state index in [1.165, 1.54) is 11.8 Å². The third-order valence-corrected chi connectivity index (χ3v) is 5.06. The number of carbonyl (C=O) groups is 1. The second kappa shape index (κ2) is 8.39. The Labute approximate surface area is 163 Å². The smallest absolute Gasteiger partial charge is 0.277 e. The first-order valence-electron chi connectivity index (χ1n) is 8.82. The first-order valence-corrected chi connectivity index (χ1v) is 9.70. The Balaban J connectivity index is 1.71. The van der Waals surface area contributed by atoms with E-state index < -0.39 is 0 Å². The largest absolute Gasteiger partial charge is 0.494 e. The molecule has 1 atom stereocenters. The van der Waals surface area contributed by atoms with Gasteiger partial charge in [-0.25, -0.2) is 0 Å². The van der Waals surface area contributed by atoms with E-state index in [0.29, 0.717) is 17.7 Å². The zero-order valence-corrected chi connectivity index (χ0v) is 16.7. The average molecular weight is 382 g/mol. The van der Waals surface area contributed by atoms with E-state index >= 15 is 0 Å². The Morgan fingerprint density at radius 3 is 2.59 bits per heavy atom. The Kier molecular flexibility index (Phi) is 5.96. The fraction of sp³-hybridized carbons (Fsp3) is 0.286. The van der Waals surface area contributed by atoms with Gasteiger partial charge in [-0.05, 0) is 63.6 Å². The number of benzene rings is 2. The molecule has 27 heavy (non-hydrogen) atoms. The molecule has 2 aromatic carbocycles. The first-order chi connectivity index (χ1) is 13.0. The number of rotatable bonds is 7. The Hall–Kier alpha value is -2.60. The minimum absolute atomic E-state index is 0.0574. The molecule has 1 unspecified atom stereocenters. The van der Waals surface area contributed by atoms with Crippen LogP contribution >= 0.6 is 11.8 Å². The fourth-order valence-corrected chi connectivity index (χ4v) is 3.41. The summed E-state index contributed by atoms with van der Waals surface area (Å²) in [5.74, 6) is 1.28. The van der Waals surface area contributed by atoms with Gasteiger partial charge < -0.3 is 9.15 Å². The van der Waals surface area contributed by atoms with Gasteiger partial charge in [0, 0.05) is 11.1 Å². The number of thioether (sulfide) groups is 1. The number of ketones is 1. The molecule has 1 heterocycles. The summed E-state index contributed by atoms with van der Waals surface area (Å²) in [7, 11) is 0. The maximum atomic E-state index is 12.8. The highest BCUT2D eigenvalue weighted by Crippen LogP contribution is 2.29. The zero-order chi connectivity index (χ0) is 19.4. The summed E-state index contributed by atoms with van der Waals surface area (Å²) in [5.41, 5.74) is 3.59. The van der Waals surface area contributed by atoms with Gasteiger partial charge in [0.2, 0.25) is 5.89 Å². The van der Waals surface area contributed by atoms with Crippen LogP contribution in [0.4, 0.5) is 0 Å². The Morgan fingerprint density at radius 2 is 1.89 bits per heavy atom. The number of nitrogens with zero attached hydrogens (tertiary/aromatic N) is 2. The van der Waals surface area contributed by atoms with E-state index in [0.717, 1.165) is 28.0 Å². The summed E-state index contributed by atoms with van der Waals surface area (Å²) in [6.07, 6.45) is 0. The lowest BCUT2D eigenvalue weighted by Gasteiger charge is -2.10. The van der Waals surface area contributed by atoms with Crippen LogP contribution in [0.2, 0.25) is 0 Å². The van der Waals surface area contributed by atoms with Crippen molar-refractivity contribution in [2.24, 2.45) is 0 Å². The maximum absolute atomic E-state index is 12.8. The second-order valence-corrected chi connectivity index (χ2v) is 7.57. The molecular weight excluding hydrogens is 360 g/mol. The lowest BCUT2D eigenvalue weighted by atomic mass is 10.0. The van der Waals surface area contributed by atoms with Crippen LogP contribution in [-0.2, 0) is 0 Å². The quantitative estimate of drug-likeness (QED) is 0.418. The molecule has 0 aliphatic carbocycles. The molecule has 0 spiro atoms. The van der Waals surface area contributed by atoms with E-state index in [4.69, 9.17) is 9.15 Å². The predicted molar refractivity (Wildman–Crippen MR) is 106 cm³/mol. The topological polar surface area (TPSA) is 65.2 Å². The van der Waals surface area contributed by atoms with Crippen molar-refractivity contribution in [3.63, 3.8) is 0 Å². The van der Waals surface area contributed by atoms with Crippen LogP contribution in [-0.4, -0.2) is 27.8 Å². The normalized spacial score (nSPS) is 12.0. The summed E-state index contributed by atoms with van der Waals surface area (Å²) in [6.45, 7) is 8.34. The zero-order valence-electron chi connectivity index (χ0n) is 15.9. The molecule has 0 saturated carbocycles. The Bertz CT molecular complexity index is 935. The third-order valence-electron chi connectivity index (χ3n) is 4.12. The van der Waals surface area contributed by atoms with E-state index in [1.54, 1.807) is 0 Å². The van der Waals surface area contributed by atoms with Crippen LogP contribution < -0.4 is 4.74 Å². The molecule has 0 saturated heterocycles. The molecule has 3 aromatic rings. The number of hydrogen-bond donors (Lipinski definition) is 0. The maximum Gasteiger partial charge on any atom is 0.277 e. The summed E-state index contributed by atoms with van der Waals surface area (Å²) in [6, 6.07) is 13.4. The molecule has 0 fully saturated rings. The van der Waals surface area contributed by atoms with Gasteiger partial charge in [0.15, 0.2) is 5.78 Å². The van der Waals surface area contributed by atoms with Crippen LogP contribution in [0.3, 0.4) is 0 Å². The van der Waals surface area contributed by atoms with Gasteiger partial charge in [-0.15, -0.1) is 10.2 Å². The van der Waals surface area contributed by atoms with Crippen LogP contribution in [0.1, 0.15) is 35.3 Å². The van der Waals surface area contributed by atoms with Gasteiger partial charge in [-0.2, -0.15) is 0 Å². The van der Waals surface area contributed by atoms with Crippen molar-refractivity contribution in [3.8, 4) is 17.2 Å². The minimum atomic E-state index is -0.320. The number of aryl methyl sites for hydroxylation is 2. The molecule has 0 aliphatic heterocycles. The highest BCUT2D eigenvalue weighted by atomic mass is 32.2. The molecule has 5 nitrogen and oxygen atoms in total. The molecule has 6 heteroatoms. The number of Topliss-reactive ketones (excluding diaryl/α,β-unsaturated/α-hetero) is 1.